The molecule has 0 amide bonds. The summed E-state index contributed by atoms with van der Waals surface area (Å²) in [7, 11) is 0. The predicted octanol–water partition coefficient (Wildman–Crippen LogP) is 5.76. The molecule has 2 aliphatic heterocycles. The number of rotatable bonds is 4. The van der Waals surface area contributed by atoms with Crippen LogP contribution >= 0.6 is 11.6 Å². The molecule has 148 valence electrons. The van der Waals surface area contributed by atoms with E-state index in [-0.39, 0.29) is 12.6 Å². The highest BCUT2D eigenvalue weighted by Gasteiger charge is 2.19. The number of halogens is 1. The second-order valence-corrected chi connectivity index (χ2v) is 7.56. The van der Waals surface area contributed by atoms with Crippen molar-refractivity contribution in [3.05, 3.63) is 82.9 Å². The van der Waals surface area contributed by atoms with Gasteiger partial charge in [0.05, 0.1) is 26.4 Å². The van der Waals surface area contributed by atoms with E-state index in [4.69, 9.17) is 30.5 Å². The summed E-state index contributed by atoms with van der Waals surface area (Å²) in [5.74, 6) is 0. The highest BCUT2D eigenvalue weighted by Crippen LogP contribution is 2.33. The van der Waals surface area contributed by atoms with Crippen LogP contribution in [-0.4, -0.2) is 26.4 Å². The van der Waals surface area contributed by atoms with Crippen molar-refractivity contribution in [3.63, 3.8) is 0 Å². The molecule has 0 aliphatic carbocycles. The first-order chi connectivity index (χ1) is 14.3. The maximum absolute atomic E-state index is 6.44. The van der Waals surface area contributed by atoms with E-state index in [1.54, 1.807) is 0 Å². The minimum Gasteiger partial charge on any atom is -0.346 e. The van der Waals surface area contributed by atoms with E-state index in [9.17, 15) is 0 Å². The van der Waals surface area contributed by atoms with E-state index in [0.717, 1.165) is 33.4 Å². The average molecular weight is 409 g/mol. The highest BCUT2D eigenvalue weighted by molar-refractivity contribution is 6.31. The Morgan fingerprint density at radius 1 is 0.517 bits per heavy atom. The first-order valence-corrected chi connectivity index (χ1v) is 10.1. The summed E-state index contributed by atoms with van der Waals surface area (Å²) >= 11 is 6.44. The van der Waals surface area contributed by atoms with Crippen LogP contribution in [0.25, 0.3) is 22.3 Å². The largest absolute Gasteiger partial charge is 0.346 e. The quantitative estimate of drug-likeness (QED) is 0.549. The van der Waals surface area contributed by atoms with Crippen molar-refractivity contribution in [3.8, 4) is 22.3 Å². The molecule has 0 unspecified atom stereocenters. The van der Waals surface area contributed by atoms with Gasteiger partial charge in [-0.15, -0.1) is 0 Å². The van der Waals surface area contributed by atoms with Gasteiger partial charge in [-0.3, -0.25) is 0 Å². The maximum Gasteiger partial charge on any atom is 0.184 e. The molecule has 0 spiro atoms. The fraction of sp³-hybridized carbons (Fsp3) is 0.250. The maximum atomic E-state index is 6.44. The number of benzene rings is 3. The lowest BCUT2D eigenvalue weighted by Crippen LogP contribution is -1.97. The molecule has 0 aromatic heterocycles. The summed E-state index contributed by atoms with van der Waals surface area (Å²) < 4.78 is 22.3. The molecule has 2 fully saturated rings. The molecule has 2 aliphatic rings. The Hall–Kier alpha value is -2.21. The van der Waals surface area contributed by atoms with Gasteiger partial charge >= 0.3 is 0 Å². The van der Waals surface area contributed by atoms with E-state index in [1.165, 1.54) is 0 Å². The Morgan fingerprint density at radius 2 is 0.897 bits per heavy atom. The van der Waals surface area contributed by atoms with Crippen molar-refractivity contribution in [2.24, 2.45) is 0 Å². The van der Waals surface area contributed by atoms with E-state index in [2.05, 4.69) is 30.3 Å². The van der Waals surface area contributed by atoms with Gasteiger partial charge in [-0.1, -0.05) is 60.1 Å². The van der Waals surface area contributed by atoms with Gasteiger partial charge in [0, 0.05) is 16.1 Å². The van der Waals surface area contributed by atoms with E-state index in [0.29, 0.717) is 31.5 Å². The second kappa shape index (κ2) is 8.27. The van der Waals surface area contributed by atoms with Gasteiger partial charge in [-0.05, 0) is 40.5 Å². The van der Waals surface area contributed by atoms with Gasteiger partial charge in [0.15, 0.2) is 12.6 Å². The van der Waals surface area contributed by atoms with Crippen molar-refractivity contribution in [1.29, 1.82) is 0 Å². The summed E-state index contributed by atoms with van der Waals surface area (Å²) in [5.41, 5.74) is 6.39. The minimum absolute atomic E-state index is 0.259. The smallest absolute Gasteiger partial charge is 0.184 e. The van der Waals surface area contributed by atoms with Gasteiger partial charge < -0.3 is 18.9 Å². The Balaban J connectivity index is 1.41. The van der Waals surface area contributed by atoms with Gasteiger partial charge in [0.2, 0.25) is 0 Å². The molecule has 2 heterocycles. The zero-order valence-corrected chi connectivity index (χ0v) is 16.6. The molecule has 0 radical (unpaired) electrons. The predicted molar refractivity (Wildman–Crippen MR) is 112 cm³/mol. The van der Waals surface area contributed by atoms with Gasteiger partial charge in [-0.25, -0.2) is 0 Å². The Bertz CT molecular complexity index is 895. The lowest BCUT2D eigenvalue weighted by Gasteiger charge is -2.12. The Labute approximate surface area is 174 Å². The molecule has 3 aromatic carbocycles. The van der Waals surface area contributed by atoms with Crippen LogP contribution in [0.15, 0.2) is 66.7 Å². The van der Waals surface area contributed by atoms with E-state index >= 15 is 0 Å². The first kappa shape index (κ1) is 18.8. The monoisotopic (exact) mass is 408 g/mol. The molecule has 4 nitrogen and oxygen atoms in total. The summed E-state index contributed by atoms with van der Waals surface area (Å²) in [5, 5.41) is 0.704. The summed E-state index contributed by atoms with van der Waals surface area (Å²) in [6.45, 7) is 2.56. The van der Waals surface area contributed by atoms with Crippen LogP contribution in [-0.2, 0) is 18.9 Å². The third kappa shape index (κ3) is 4.08. The lowest BCUT2D eigenvalue weighted by molar-refractivity contribution is -0.0443. The normalized spacial score (nSPS) is 17.8. The van der Waals surface area contributed by atoms with Gasteiger partial charge in [0.1, 0.15) is 0 Å². The standard InChI is InChI=1S/C24H21ClO4/c25-22-14-20(16-1-5-18(6-2-16)23-26-9-10-27-23)13-21(15-22)17-3-7-19(8-4-17)24-28-11-12-29-24/h1-8,13-15,23-24H,9-12H2. The van der Waals surface area contributed by atoms with Crippen molar-refractivity contribution in [1.82, 2.24) is 0 Å². The molecule has 0 N–H and O–H groups in total. The lowest BCUT2D eigenvalue weighted by atomic mass is 9.97. The van der Waals surface area contributed by atoms with Crippen LogP contribution in [0.2, 0.25) is 5.02 Å². The van der Waals surface area contributed by atoms with E-state index < -0.39 is 0 Å². The topological polar surface area (TPSA) is 36.9 Å². The Morgan fingerprint density at radius 3 is 1.28 bits per heavy atom. The summed E-state index contributed by atoms with van der Waals surface area (Å²) in [4.78, 5) is 0. The van der Waals surface area contributed by atoms with E-state index in [1.807, 2.05) is 36.4 Å². The van der Waals surface area contributed by atoms with Crippen LogP contribution in [0.5, 0.6) is 0 Å². The third-order valence-electron chi connectivity index (χ3n) is 5.17. The number of ether oxygens (including phenoxy) is 4. The van der Waals surface area contributed by atoms with Crippen LogP contribution in [0.3, 0.4) is 0 Å². The molecule has 0 atom stereocenters. The Kier molecular flexibility index (Phi) is 5.36. The molecule has 5 heteroatoms. The molecule has 0 bridgehead atoms. The molecular weight excluding hydrogens is 388 g/mol. The van der Waals surface area contributed by atoms with Crippen molar-refractivity contribution >= 4 is 11.6 Å². The first-order valence-electron chi connectivity index (χ1n) is 9.74. The zero-order valence-electron chi connectivity index (χ0n) is 15.8. The molecule has 0 saturated carbocycles. The molecular formula is C24H21ClO4. The molecule has 2 saturated heterocycles. The zero-order chi connectivity index (χ0) is 19.6. The van der Waals surface area contributed by atoms with Gasteiger partial charge in [-0.2, -0.15) is 0 Å². The van der Waals surface area contributed by atoms with Crippen molar-refractivity contribution in [2.75, 3.05) is 26.4 Å². The second-order valence-electron chi connectivity index (χ2n) is 7.12. The fourth-order valence-electron chi connectivity index (χ4n) is 3.69. The van der Waals surface area contributed by atoms with Gasteiger partial charge in [0.25, 0.3) is 0 Å². The minimum atomic E-state index is -0.259. The van der Waals surface area contributed by atoms with Crippen LogP contribution in [0.1, 0.15) is 23.7 Å². The van der Waals surface area contributed by atoms with Crippen molar-refractivity contribution < 1.29 is 18.9 Å². The van der Waals surface area contributed by atoms with Crippen molar-refractivity contribution in [2.45, 2.75) is 12.6 Å². The average Bonchev–Trinajstić information content (AvgIpc) is 3.48. The molecule has 5 rings (SSSR count). The summed E-state index contributed by atoms with van der Waals surface area (Å²) in [6, 6.07) is 22.6. The molecule has 29 heavy (non-hydrogen) atoms. The van der Waals surface area contributed by atoms with Crippen LogP contribution in [0, 0.1) is 0 Å². The van der Waals surface area contributed by atoms with Crippen LogP contribution < -0.4 is 0 Å². The highest BCUT2D eigenvalue weighted by atomic mass is 35.5. The van der Waals surface area contributed by atoms with Crippen LogP contribution in [0.4, 0.5) is 0 Å². The number of hydrogen-bond acceptors (Lipinski definition) is 4. The molecule has 3 aromatic rings. The SMILES string of the molecule is Clc1cc(-c2ccc(C3OCCO3)cc2)cc(-c2ccc(C3OCCO3)cc2)c1. The summed E-state index contributed by atoms with van der Waals surface area (Å²) in [6.07, 6.45) is -0.518. The third-order valence-corrected chi connectivity index (χ3v) is 5.39. The number of hydrogen-bond donors (Lipinski definition) is 0. The fourth-order valence-corrected chi connectivity index (χ4v) is 3.93.